The molecule has 2 heteroatoms. The molecule has 0 heterocycles. The van der Waals surface area contributed by atoms with Crippen molar-refractivity contribution in [3.63, 3.8) is 0 Å². The monoisotopic (exact) mass is 204 g/mol. The Morgan fingerprint density at radius 1 is 1.25 bits per heavy atom. The van der Waals surface area contributed by atoms with Gasteiger partial charge in [-0.15, -0.1) is 18.5 Å². The van der Waals surface area contributed by atoms with Gasteiger partial charge in [-0.2, -0.15) is 0 Å². The molecule has 0 radical (unpaired) electrons. The maximum atomic E-state index is 2.92. The lowest BCUT2D eigenvalue weighted by Gasteiger charge is -2.26. The van der Waals surface area contributed by atoms with Crippen molar-refractivity contribution in [3.05, 3.63) is 0 Å². The molecule has 72 valence electrons. The second-order valence-corrected chi connectivity index (χ2v) is 5.43. The van der Waals surface area contributed by atoms with Crippen LogP contribution >= 0.6 is 18.5 Å². The van der Waals surface area contributed by atoms with Crippen molar-refractivity contribution in [2.75, 3.05) is 12.3 Å². The summed E-state index contributed by atoms with van der Waals surface area (Å²) in [5.74, 6) is 0.994. The van der Waals surface area contributed by atoms with Crippen molar-refractivity contribution < 1.29 is 0 Å². The van der Waals surface area contributed by atoms with E-state index in [4.69, 9.17) is 0 Å². The van der Waals surface area contributed by atoms with Gasteiger partial charge in [0.15, 0.2) is 0 Å². The minimum atomic E-state index is 0.638. The molecule has 0 saturated heterocycles. The second kappa shape index (κ2) is 4.92. The fraction of sp³-hybridized carbons (Fsp3) is 1.00. The molecular formula is C10H22P2. The van der Waals surface area contributed by atoms with Crippen LogP contribution in [0.25, 0.3) is 0 Å². The van der Waals surface area contributed by atoms with Gasteiger partial charge in [0.2, 0.25) is 0 Å². The zero-order chi connectivity index (χ0) is 9.03. The van der Waals surface area contributed by atoms with Gasteiger partial charge >= 0.3 is 0 Å². The maximum absolute atomic E-state index is 2.92. The summed E-state index contributed by atoms with van der Waals surface area (Å²) in [7, 11) is 5.82. The summed E-state index contributed by atoms with van der Waals surface area (Å²) in [6, 6.07) is 0. The lowest BCUT2D eigenvalue weighted by molar-refractivity contribution is 0.318. The Hall–Kier alpha value is 0.860. The van der Waals surface area contributed by atoms with E-state index in [1.165, 1.54) is 44.4 Å². The van der Waals surface area contributed by atoms with Gasteiger partial charge in [0.25, 0.3) is 0 Å². The van der Waals surface area contributed by atoms with Gasteiger partial charge in [-0.1, -0.05) is 19.8 Å². The van der Waals surface area contributed by atoms with Gasteiger partial charge in [0.1, 0.15) is 0 Å². The van der Waals surface area contributed by atoms with Crippen LogP contribution < -0.4 is 0 Å². The van der Waals surface area contributed by atoms with Crippen molar-refractivity contribution >= 4 is 18.5 Å². The van der Waals surface area contributed by atoms with Crippen LogP contribution in [0.1, 0.15) is 39.0 Å². The van der Waals surface area contributed by atoms with Crippen LogP contribution in [0.5, 0.6) is 0 Å². The Bertz CT molecular complexity index is 136. The van der Waals surface area contributed by atoms with Gasteiger partial charge in [-0.3, -0.25) is 0 Å². The summed E-state index contributed by atoms with van der Waals surface area (Å²) in [6.07, 6.45) is 9.85. The number of hydrogen-bond acceptors (Lipinski definition) is 0. The first-order chi connectivity index (χ1) is 5.70. The predicted molar refractivity (Wildman–Crippen MR) is 63.8 cm³/mol. The zero-order valence-electron chi connectivity index (χ0n) is 8.18. The van der Waals surface area contributed by atoms with Crippen LogP contribution in [0.15, 0.2) is 0 Å². The van der Waals surface area contributed by atoms with Gasteiger partial charge in [0.05, 0.1) is 0 Å². The summed E-state index contributed by atoms with van der Waals surface area (Å²) in [5, 5.41) is 0. The highest BCUT2D eigenvalue weighted by Crippen LogP contribution is 2.38. The molecule has 0 aromatic carbocycles. The predicted octanol–water partition coefficient (Wildman–Crippen LogP) is 3.32. The topological polar surface area (TPSA) is 0 Å². The molecule has 0 aliphatic heterocycles. The van der Waals surface area contributed by atoms with Crippen LogP contribution in [0.3, 0.4) is 0 Å². The summed E-state index contributed by atoms with van der Waals surface area (Å²) in [6.45, 7) is 2.45. The molecule has 0 aromatic rings. The molecule has 0 bridgehead atoms. The van der Waals surface area contributed by atoms with E-state index in [0.29, 0.717) is 5.41 Å². The molecule has 0 nitrogen and oxygen atoms in total. The summed E-state index contributed by atoms with van der Waals surface area (Å²) in [4.78, 5) is 0. The zero-order valence-corrected chi connectivity index (χ0v) is 10.5. The SMILES string of the molecule is CC1(CP)CCCC(CP)CC1. The molecule has 0 N–H and O–H groups in total. The first-order valence-corrected chi connectivity index (χ1v) is 6.73. The maximum Gasteiger partial charge on any atom is -0.0291 e. The van der Waals surface area contributed by atoms with E-state index in [1.807, 2.05) is 0 Å². The van der Waals surface area contributed by atoms with Gasteiger partial charge in [-0.25, -0.2) is 0 Å². The molecule has 0 aromatic heterocycles. The fourth-order valence-corrected chi connectivity index (χ4v) is 2.96. The largest absolute Gasteiger partial charge is 0.137 e. The van der Waals surface area contributed by atoms with E-state index in [0.717, 1.165) is 5.92 Å². The summed E-state index contributed by atoms with van der Waals surface area (Å²) < 4.78 is 0. The molecule has 0 amide bonds. The molecule has 1 saturated carbocycles. The minimum Gasteiger partial charge on any atom is -0.137 e. The smallest absolute Gasteiger partial charge is 0.0291 e. The summed E-state index contributed by atoms with van der Waals surface area (Å²) >= 11 is 0. The molecule has 12 heavy (non-hydrogen) atoms. The molecular weight excluding hydrogens is 182 g/mol. The Kier molecular flexibility index (Phi) is 4.49. The molecule has 1 rings (SSSR count). The van der Waals surface area contributed by atoms with Crippen LogP contribution in [0, 0.1) is 11.3 Å². The third-order valence-electron chi connectivity index (χ3n) is 3.37. The van der Waals surface area contributed by atoms with E-state index >= 15 is 0 Å². The van der Waals surface area contributed by atoms with E-state index in [1.54, 1.807) is 0 Å². The van der Waals surface area contributed by atoms with Gasteiger partial charge < -0.3 is 0 Å². The highest BCUT2D eigenvalue weighted by Gasteiger charge is 2.26. The molecule has 4 unspecified atom stereocenters. The lowest BCUT2D eigenvalue weighted by Crippen LogP contribution is -2.16. The third-order valence-corrected chi connectivity index (χ3v) is 5.03. The average Bonchev–Trinajstić information content (AvgIpc) is 2.28. The standard InChI is InChI=1S/C10H22P2/c1-10(8-12)5-2-3-9(7-11)4-6-10/h9H,2-8,11-12H2,1H3. The Morgan fingerprint density at radius 3 is 2.58 bits per heavy atom. The first kappa shape index (κ1) is 10.9. The highest BCUT2D eigenvalue weighted by atomic mass is 31.0. The van der Waals surface area contributed by atoms with Crippen LogP contribution in [-0.2, 0) is 0 Å². The van der Waals surface area contributed by atoms with Gasteiger partial charge in [0, 0.05) is 0 Å². The van der Waals surface area contributed by atoms with Crippen molar-refractivity contribution in [3.8, 4) is 0 Å². The molecule has 1 fully saturated rings. The van der Waals surface area contributed by atoms with E-state index in [9.17, 15) is 0 Å². The fourth-order valence-electron chi connectivity index (χ4n) is 2.08. The molecule has 1 aliphatic rings. The Balaban J connectivity index is 2.44. The van der Waals surface area contributed by atoms with Crippen LogP contribution in [0.4, 0.5) is 0 Å². The molecule has 1 aliphatic carbocycles. The Labute approximate surface area is 81.7 Å². The summed E-state index contributed by atoms with van der Waals surface area (Å²) in [5.41, 5.74) is 0.638. The minimum absolute atomic E-state index is 0.638. The van der Waals surface area contributed by atoms with Crippen molar-refractivity contribution in [1.82, 2.24) is 0 Å². The van der Waals surface area contributed by atoms with Crippen molar-refractivity contribution in [2.24, 2.45) is 11.3 Å². The number of rotatable bonds is 2. The Morgan fingerprint density at radius 2 is 2.00 bits per heavy atom. The second-order valence-electron chi connectivity index (χ2n) is 4.55. The molecule has 0 spiro atoms. The third kappa shape index (κ3) is 2.97. The van der Waals surface area contributed by atoms with Crippen molar-refractivity contribution in [2.45, 2.75) is 39.0 Å². The number of hydrogen-bond donors (Lipinski definition) is 0. The molecule has 4 atom stereocenters. The first-order valence-electron chi connectivity index (χ1n) is 5.10. The van der Waals surface area contributed by atoms with E-state index < -0.39 is 0 Å². The lowest BCUT2D eigenvalue weighted by atomic mass is 9.84. The van der Waals surface area contributed by atoms with E-state index in [-0.39, 0.29) is 0 Å². The normalized spacial score (nSPS) is 37.8. The quantitative estimate of drug-likeness (QED) is 0.478. The van der Waals surface area contributed by atoms with Gasteiger partial charge in [-0.05, 0) is 42.9 Å². The highest BCUT2D eigenvalue weighted by molar-refractivity contribution is 7.16. The van der Waals surface area contributed by atoms with Crippen molar-refractivity contribution in [1.29, 1.82) is 0 Å². The average molecular weight is 204 g/mol. The van der Waals surface area contributed by atoms with Crippen LogP contribution in [0.2, 0.25) is 0 Å². The van der Waals surface area contributed by atoms with E-state index in [2.05, 4.69) is 25.4 Å². The van der Waals surface area contributed by atoms with Crippen LogP contribution in [-0.4, -0.2) is 12.3 Å².